The van der Waals surface area contributed by atoms with Crippen LogP contribution in [0, 0.1) is 0 Å². The van der Waals surface area contributed by atoms with E-state index in [1.165, 1.54) is 19.3 Å². The van der Waals surface area contributed by atoms with Gasteiger partial charge in [0.05, 0.1) is 7.11 Å². The van der Waals surface area contributed by atoms with Crippen molar-refractivity contribution in [3.63, 3.8) is 0 Å². The van der Waals surface area contributed by atoms with Gasteiger partial charge in [0.25, 0.3) is 0 Å². The molecular weight excluding hydrogens is 202 g/mol. The van der Waals surface area contributed by atoms with E-state index in [9.17, 15) is 5.11 Å². The van der Waals surface area contributed by atoms with Crippen molar-refractivity contribution in [2.75, 3.05) is 13.7 Å². The molecule has 0 spiro atoms. The second kappa shape index (κ2) is 7.12. The van der Waals surface area contributed by atoms with Gasteiger partial charge in [-0.1, -0.05) is 25.8 Å². The monoisotopic (exact) mass is 223 g/mol. The topological polar surface area (TPSA) is 41.5 Å². The van der Waals surface area contributed by atoms with Crippen LogP contribution in [-0.4, -0.2) is 18.8 Å². The lowest BCUT2D eigenvalue weighted by Gasteiger charge is -2.08. The van der Waals surface area contributed by atoms with Crippen LogP contribution in [0.1, 0.15) is 31.7 Å². The van der Waals surface area contributed by atoms with E-state index in [1.54, 1.807) is 13.2 Å². The molecule has 0 radical (unpaired) electrons. The Bertz CT molecular complexity index is 313. The Morgan fingerprint density at radius 1 is 1.31 bits per heavy atom. The van der Waals surface area contributed by atoms with Crippen molar-refractivity contribution in [2.45, 2.75) is 32.7 Å². The Kier molecular flexibility index (Phi) is 5.72. The Labute approximate surface area is 97.4 Å². The Morgan fingerprint density at radius 2 is 2.12 bits per heavy atom. The van der Waals surface area contributed by atoms with Crippen LogP contribution < -0.4 is 10.1 Å². The third kappa shape index (κ3) is 4.11. The molecule has 0 unspecified atom stereocenters. The molecule has 0 saturated heterocycles. The molecule has 90 valence electrons. The molecule has 0 bridgehead atoms. The largest absolute Gasteiger partial charge is 0.507 e. The van der Waals surface area contributed by atoms with E-state index < -0.39 is 0 Å². The van der Waals surface area contributed by atoms with Gasteiger partial charge in [0, 0.05) is 18.2 Å². The third-order valence-electron chi connectivity index (χ3n) is 2.57. The number of phenolic OH excluding ortho intramolecular Hbond substituents is 1. The van der Waals surface area contributed by atoms with Crippen LogP contribution >= 0.6 is 0 Å². The summed E-state index contributed by atoms with van der Waals surface area (Å²) >= 11 is 0. The molecule has 3 heteroatoms. The zero-order valence-corrected chi connectivity index (χ0v) is 10.1. The van der Waals surface area contributed by atoms with Crippen LogP contribution in [-0.2, 0) is 6.54 Å². The van der Waals surface area contributed by atoms with E-state index in [2.05, 4.69) is 12.2 Å². The minimum atomic E-state index is 0.294. The number of nitrogens with one attached hydrogen (secondary N) is 1. The summed E-state index contributed by atoms with van der Waals surface area (Å²) in [5.74, 6) is 0.981. The fourth-order valence-electron chi connectivity index (χ4n) is 1.54. The van der Waals surface area contributed by atoms with Crippen LogP contribution in [0.4, 0.5) is 0 Å². The number of hydrogen-bond acceptors (Lipinski definition) is 3. The van der Waals surface area contributed by atoms with Gasteiger partial charge in [-0.2, -0.15) is 0 Å². The molecule has 1 aromatic carbocycles. The molecule has 0 amide bonds. The molecule has 0 aliphatic heterocycles. The van der Waals surface area contributed by atoms with E-state index in [0.29, 0.717) is 18.0 Å². The van der Waals surface area contributed by atoms with Crippen molar-refractivity contribution in [2.24, 2.45) is 0 Å². The smallest absolute Gasteiger partial charge is 0.123 e. The zero-order valence-electron chi connectivity index (χ0n) is 10.1. The second-order valence-electron chi connectivity index (χ2n) is 3.88. The molecule has 1 aromatic rings. The quantitative estimate of drug-likeness (QED) is 0.698. The summed E-state index contributed by atoms with van der Waals surface area (Å²) in [5, 5.41) is 13.0. The summed E-state index contributed by atoms with van der Waals surface area (Å²) in [5.41, 5.74) is 0.914. The van der Waals surface area contributed by atoms with Gasteiger partial charge in [-0.15, -0.1) is 0 Å². The van der Waals surface area contributed by atoms with E-state index in [4.69, 9.17) is 4.74 Å². The lowest BCUT2D eigenvalue weighted by atomic mass is 10.2. The number of phenols is 1. The number of hydrogen-bond donors (Lipinski definition) is 2. The van der Waals surface area contributed by atoms with Crippen LogP contribution in [0.3, 0.4) is 0 Å². The van der Waals surface area contributed by atoms with Gasteiger partial charge in [0.2, 0.25) is 0 Å². The van der Waals surface area contributed by atoms with E-state index >= 15 is 0 Å². The van der Waals surface area contributed by atoms with Crippen LogP contribution in [0.2, 0.25) is 0 Å². The molecule has 0 fully saturated rings. The third-order valence-corrected chi connectivity index (χ3v) is 2.57. The van der Waals surface area contributed by atoms with Crippen molar-refractivity contribution in [3.8, 4) is 11.5 Å². The van der Waals surface area contributed by atoms with Crippen LogP contribution in [0.15, 0.2) is 18.2 Å². The fourth-order valence-corrected chi connectivity index (χ4v) is 1.54. The van der Waals surface area contributed by atoms with Gasteiger partial charge < -0.3 is 15.2 Å². The lowest BCUT2D eigenvalue weighted by molar-refractivity contribution is 0.406. The first kappa shape index (κ1) is 12.8. The van der Waals surface area contributed by atoms with Crippen LogP contribution in [0.5, 0.6) is 11.5 Å². The van der Waals surface area contributed by atoms with Gasteiger partial charge in [0.1, 0.15) is 11.5 Å². The summed E-state index contributed by atoms with van der Waals surface area (Å²) < 4.78 is 5.03. The maximum atomic E-state index is 9.71. The van der Waals surface area contributed by atoms with E-state index in [-0.39, 0.29) is 0 Å². The second-order valence-corrected chi connectivity index (χ2v) is 3.88. The molecule has 0 aromatic heterocycles. The maximum absolute atomic E-state index is 9.71. The average Bonchev–Trinajstić information content (AvgIpc) is 2.30. The molecule has 0 atom stereocenters. The first-order valence-electron chi connectivity index (χ1n) is 5.84. The SMILES string of the molecule is CCCCCNCc1ccc(OC)cc1O. The highest BCUT2D eigenvalue weighted by molar-refractivity contribution is 5.39. The molecule has 3 nitrogen and oxygen atoms in total. The average molecular weight is 223 g/mol. The first-order valence-corrected chi connectivity index (χ1v) is 5.84. The van der Waals surface area contributed by atoms with Crippen molar-refractivity contribution in [3.05, 3.63) is 23.8 Å². The Morgan fingerprint density at radius 3 is 2.75 bits per heavy atom. The normalized spacial score (nSPS) is 10.4. The predicted molar refractivity (Wildman–Crippen MR) is 65.9 cm³/mol. The van der Waals surface area contributed by atoms with Gasteiger partial charge in [0.15, 0.2) is 0 Å². The van der Waals surface area contributed by atoms with Gasteiger partial charge in [-0.05, 0) is 19.0 Å². The number of rotatable bonds is 7. The number of aromatic hydroxyl groups is 1. The highest BCUT2D eigenvalue weighted by Crippen LogP contribution is 2.22. The number of benzene rings is 1. The van der Waals surface area contributed by atoms with Crippen LogP contribution in [0.25, 0.3) is 0 Å². The van der Waals surface area contributed by atoms with Crippen molar-refractivity contribution in [1.82, 2.24) is 5.32 Å². The summed E-state index contributed by atoms with van der Waals surface area (Å²) in [6.45, 7) is 3.90. The molecule has 2 N–H and O–H groups in total. The lowest BCUT2D eigenvalue weighted by Crippen LogP contribution is -2.14. The Hall–Kier alpha value is -1.22. The minimum Gasteiger partial charge on any atom is -0.507 e. The van der Waals surface area contributed by atoms with Crippen molar-refractivity contribution < 1.29 is 9.84 Å². The summed E-state index contributed by atoms with van der Waals surface area (Å²) in [6.07, 6.45) is 3.67. The Balaban J connectivity index is 2.36. The molecule has 16 heavy (non-hydrogen) atoms. The van der Waals surface area contributed by atoms with E-state index in [0.717, 1.165) is 12.1 Å². The zero-order chi connectivity index (χ0) is 11.8. The summed E-state index contributed by atoms with van der Waals surface area (Å²) in [6, 6.07) is 5.40. The van der Waals surface area contributed by atoms with Gasteiger partial charge in [-0.25, -0.2) is 0 Å². The minimum absolute atomic E-state index is 0.294. The standard InChI is InChI=1S/C13H21NO2/c1-3-4-5-8-14-10-11-6-7-12(16-2)9-13(11)15/h6-7,9,14-15H,3-5,8,10H2,1-2H3. The molecule has 0 heterocycles. The number of unbranched alkanes of at least 4 members (excludes halogenated alkanes) is 2. The highest BCUT2D eigenvalue weighted by Gasteiger charge is 2.02. The maximum Gasteiger partial charge on any atom is 0.123 e. The molecule has 1 rings (SSSR count). The number of ether oxygens (including phenoxy) is 1. The van der Waals surface area contributed by atoms with Gasteiger partial charge >= 0.3 is 0 Å². The molecule has 0 saturated carbocycles. The predicted octanol–water partition coefficient (Wildman–Crippen LogP) is 2.68. The highest BCUT2D eigenvalue weighted by atomic mass is 16.5. The van der Waals surface area contributed by atoms with Crippen molar-refractivity contribution in [1.29, 1.82) is 0 Å². The molecular formula is C13H21NO2. The van der Waals surface area contributed by atoms with Gasteiger partial charge in [-0.3, -0.25) is 0 Å². The number of methoxy groups -OCH3 is 1. The summed E-state index contributed by atoms with van der Waals surface area (Å²) in [4.78, 5) is 0. The first-order chi connectivity index (χ1) is 7.77. The molecule has 0 aliphatic rings. The van der Waals surface area contributed by atoms with E-state index in [1.807, 2.05) is 12.1 Å². The fraction of sp³-hybridized carbons (Fsp3) is 0.538. The van der Waals surface area contributed by atoms with Crippen molar-refractivity contribution >= 4 is 0 Å². The summed E-state index contributed by atoms with van der Waals surface area (Å²) in [7, 11) is 1.59. The molecule has 0 aliphatic carbocycles.